The molecule has 3 aromatic rings. The second-order valence-corrected chi connectivity index (χ2v) is 7.81. The van der Waals surface area contributed by atoms with Crippen LogP contribution in [0.25, 0.3) is 5.57 Å². The fourth-order valence-corrected chi connectivity index (χ4v) is 3.73. The number of benzene rings is 3. The van der Waals surface area contributed by atoms with E-state index >= 15 is 0 Å². The molecule has 0 aliphatic carbocycles. The van der Waals surface area contributed by atoms with E-state index in [1.54, 1.807) is 48.5 Å². The summed E-state index contributed by atoms with van der Waals surface area (Å²) >= 11 is 12.4. The van der Waals surface area contributed by atoms with Gasteiger partial charge in [0.2, 0.25) is 0 Å². The number of rotatable bonds is 5. The van der Waals surface area contributed by atoms with Crippen LogP contribution in [0.4, 0.5) is 11.4 Å². The van der Waals surface area contributed by atoms with Crippen molar-refractivity contribution in [2.24, 2.45) is 0 Å². The van der Waals surface area contributed by atoms with Gasteiger partial charge in [-0.15, -0.1) is 0 Å². The highest BCUT2D eigenvalue weighted by Gasteiger charge is 2.40. The molecule has 0 saturated carbocycles. The normalized spacial score (nSPS) is 13.7. The minimum absolute atomic E-state index is 0.133. The van der Waals surface area contributed by atoms with Crippen LogP contribution >= 0.6 is 23.2 Å². The van der Waals surface area contributed by atoms with Gasteiger partial charge in [-0.2, -0.15) is 0 Å². The average Bonchev–Trinajstić information content (AvgIpc) is 3.00. The summed E-state index contributed by atoms with van der Waals surface area (Å²) < 4.78 is 5.38. The number of amides is 2. The molecule has 0 aromatic heterocycles. The molecule has 3 aromatic carbocycles. The molecule has 0 radical (unpaired) electrons. The summed E-state index contributed by atoms with van der Waals surface area (Å²) in [7, 11) is 1.52. The number of carbonyl (C=O) groups excluding carboxylic acids is 2. The van der Waals surface area contributed by atoms with Gasteiger partial charge in [-0.25, -0.2) is 4.90 Å². The van der Waals surface area contributed by atoms with Crippen LogP contribution in [0.2, 0.25) is 10.0 Å². The van der Waals surface area contributed by atoms with Crippen molar-refractivity contribution >= 4 is 52.0 Å². The maximum Gasteiger partial charge on any atom is 0.282 e. The molecule has 0 spiro atoms. The smallest absolute Gasteiger partial charge is 0.282 e. The third kappa shape index (κ3) is 3.90. The van der Waals surface area contributed by atoms with E-state index in [9.17, 15) is 9.59 Å². The van der Waals surface area contributed by atoms with Crippen LogP contribution in [-0.4, -0.2) is 18.9 Å². The predicted octanol–water partition coefficient (Wildman–Crippen LogP) is 5.71. The summed E-state index contributed by atoms with van der Waals surface area (Å²) in [5.41, 5.74) is 2.72. The quantitative estimate of drug-likeness (QED) is 0.503. The summed E-state index contributed by atoms with van der Waals surface area (Å²) in [6.07, 6.45) is 0. The summed E-state index contributed by atoms with van der Waals surface area (Å²) in [5, 5.41) is 4.01. The number of methoxy groups -OCH3 is 1. The van der Waals surface area contributed by atoms with Crippen molar-refractivity contribution in [3.63, 3.8) is 0 Å². The number of anilines is 2. The first-order valence-electron chi connectivity index (χ1n) is 9.46. The molecule has 0 bridgehead atoms. The first kappa shape index (κ1) is 21.0. The number of carbonyl (C=O) groups is 2. The third-order valence-corrected chi connectivity index (χ3v) is 5.62. The number of hydrogen-bond acceptors (Lipinski definition) is 4. The Labute approximate surface area is 189 Å². The molecule has 156 valence electrons. The van der Waals surface area contributed by atoms with Gasteiger partial charge in [0.05, 0.1) is 24.1 Å². The van der Waals surface area contributed by atoms with Crippen molar-refractivity contribution in [2.45, 2.75) is 6.92 Å². The van der Waals surface area contributed by atoms with E-state index in [-0.39, 0.29) is 11.3 Å². The lowest BCUT2D eigenvalue weighted by molar-refractivity contribution is -0.120. The lowest BCUT2D eigenvalue weighted by Crippen LogP contribution is -2.32. The molecule has 5 nitrogen and oxygen atoms in total. The van der Waals surface area contributed by atoms with Gasteiger partial charge < -0.3 is 10.1 Å². The fourth-order valence-electron chi connectivity index (χ4n) is 3.39. The first-order chi connectivity index (χ1) is 14.9. The molecule has 0 saturated heterocycles. The Balaban J connectivity index is 1.85. The highest BCUT2D eigenvalue weighted by atomic mass is 35.5. The van der Waals surface area contributed by atoms with E-state index in [2.05, 4.69) is 5.32 Å². The number of hydrogen-bond donors (Lipinski definition) is 1. The second-order valence-electron chi connectivity index (χ2n) is 6.96. The van der Waals surface area contributed by atoms with Gasteiger partial charge in [-0.1, -0.05) is 59.6 Å². The lowest BCUT2D eigenvalue weighted by atomic mass is 10.0. The molecular weight excluding hydrogens is 435 g/mol. The Hall–Kier alpha value is -3.28. The van der Waals surface area contributed by atoms with Crippen molar-refractivity contribution in [3.05, 3.63) is 93.6 Å². The minimum atomic E-state index is -0.495. The van der Waals surface area contributed by atoms with E-state index in [4.69, 9.17) is 27.9 Å². The van der Waals surface area contributed by atoms with Crippen molar-refractivity contribution in [3.8, 4) is 5.75 Å². The summed E-state index contributed by atoms with van der Waals surface area (Å²) in [4.78, 5) is 28.0. The zero-order valence-corrected chi connectivity index (χ0v) is 18.3. The van der Waals surface area contributed by atoms with Crippen molar-refractivity contribution < 1.29 is 14.3 Å². The standard InChI is InChI=1S/C24H18Cl2N2O3/c1-14-8-10-17(13-18(14)26)28-23(29)21(15-6-4-3-5-7-15)22(24(28)30)27-19-12-16(25)9-11-20(19)31-2/h3-13,27H,1-2H3. The van der Waals surface area contributed by atoms with Crippen molar-refractivity contribution in [1.82, 2.24) is 0 Å². The van der Waals surface area contributed by atoms with E-state index < -0.39 is 11.8 Å². The van der Waals surface area contributed by atoms with Crippen LogP contribution in [0.3, 0.4) is 0 Å². The van der Waals surface area contributed by atoms with Crippen molar-refractivity contribution in [1.29, 1.82) is 0 Å². The molecule has 1 N–H and O–H groups in total. The Morgan fingerprint density at radius 1 is 0.903 bits per heavy atom. The van der Waals surface area contributed by atoms with Crippen LogP contribution in [-0.2, 0) is 9.59 Å². The number of halogens is 2. The average molecular weight is 453 g/mol. The van der Waals surface area contributed by atoms with Gasteiger partial charge in [0.15, 0.2) is 0 Å². The fraction of sp³-hybridized carbons (Fsp3) is 0.0833. The lowest BCUT2D eigenvalue weighted by Gasteiger charge is -2.17. The zero-order chi connectivity index (χ0) is 22.1. The Morgan fingerprint density at radius 3 is 2.32 bits per heavy atom. The number of nitrogens with zero attached hydrogens (tertiary/aromatic N) is 1. The maximum absolute atomic E-state index is 13.5. The SMILES string of the molecule is COc1ccc(Cl)cc1NC1=C(c2ccccc2)C(=O)N(c2ccc(C)c(Cl)c2)C1=O. The van der Waals surface area contributed by atoms with E-state index in [1.807, 2.05) is 25.1 Å². The van der Waals surface area contributed by atoms with Gasteiger partial charge in [0.25, 0.3) is 11.8 Å². The van der Waals surface area contributed by atoms with E-state index in [0.29, 0.717) is 32.7 Å². The van der Waals surface area contributed by atoms with Crippen LogP contribution < -0.4 is 15.0 Å². The van der Waals surface area contributed by atoms with Gasteiger partial charge >= 0.3 is 0 Å². The van der Waals surface area contributed by atoms with Crippen LogP contribution in [0, 0.1) is 6.92 Å². The molecule has 31 heavy (non-hydrogen) atoms. The number of aryl methyl sites for hydroxylation is 1. The predicted molar refractivity (Wildman–Crippen MR) is 124 cm³/mol. The summed E-state index contributed by atoms with van der Waals surface area (Å²) in [5.74, 6) is -0.452. The number of imide groups is 1. The summed E-state index contributed by atoms with van der Waals surface area (Å²) in [6, 6.07) is 19.1. The molecule has 1 aliphatic heterocycles. The summed E-state index contributed by atoms with van der Waals surface area (Å²) in [6.45, 7) is 1.85. The van der Waals surface area contributed by atoms with Crippen molar-refractivity contribution in [2.75, 3.05) is 17.3 Å². The van der Waals surface area contributed by atoms with Crippen LogP contribution in [0.1, 0.15) is 11.1 Å². The van der Waals surface area contributed by atoms with Gasteiger partial charge in [0, 0.05) is 10.0 Å². The minimum Gasteiger partial charge on any atom is -0.495 e. The Bertz CT molecular complexity index is 1220. The Morgan fingerprint density at radius 2 is 1.65 bits per heavy atom. The first-order valence-corrected chi connectivity index (χ1v) is 10.2. The molecule has 0 atom stereocenters. The van der Waals surface area contributed by atoms with E-state index in [0.717, 1.165) is 10.5 Å². The molecule has 1 heterocycles. The zero-order valence-electron chi connectivity index (χ0n) is 16.8. The van der Waals surface area contributed by atoms with Gasteiger partial charge in [-0.3, -0.25) is 9.59 Å². The number of nitrogens with one attached hydrogen (secondary N) is 1. The van der Waals surface area contributed by atoms with Crippen LogP contribution in [0.15, 0.2) is 72.4 Å². The molecule has 0 fully saturated rings. The third-order valence-electron chi connectivity index (χ3n) is 4.98. The van der Waals surface area contributed by atoms with E-state index in [1.165, 1.54) is 7.11 Å². The molecule has 4 rings (SSSR count). The molecule has 1 aliphatic rings. The Kier molecular flexibility index (Phi) is 5.72. The highest BCUT2D eigenvalue weighted by molar-refractivity contribution is 6.46. The molecular formula is C24H18Cl2N2O3. The highest BCUT2D eigenvalue weighted by Crippen LogP contribution is 2.37. The molecule has 2 amide bonds. The topological polar surface area (TPSA) is 58.6 Å². The maximum atomic E-state index is 13.5. The molecule has 0 unspecified atom stereocenters. The largest absolute Gasteiger partial charge is 0.495 e. The van der Waals surface area contributed by atoms with Gasteiger partial charge in [-0.05, 0) is 48.4 Å². The second kappa shape index (κ2) is 8.46. The monoisotopic (exact) mass is 452 g/mol. The van der Waals surface area contributed by atoms with Gasteiger partial charge in [0.1, 0.15) is 11.4 Å². The molecule has 7 heteroatoms. The van der Waals surface area contributed by atoms with Crippen LogP contribution in [0.5, 0.6) is 5.75 Å². The number of ether oxygens (including phenoxy) is 1.